The van der Waals surface area contributed by atoms with Crippen LogP contribution in [0.5, 0.6) is 0 Å². The second kappa shape index (κ2) is 4.50. The first-order chi connectivity index (χ1) is 10.9. The van der Waals surface area contributed by atoms with Gasteiger partial charge in [0.05, 0.1) is 11.2 Å². The van der Waals surface area contributed by atoms with Crippen LogP contribution in [0.3, 0.4) is 0 Å². The van der Waals surface area contributed by atoms with Crippen molar-refractivity contribution in [2.75, 3.05) is 11.9 Å². The van der Waals surface area contributed by atoms with E-state index in [1.165, 1.54) is 0 Å². The van der Waals surface area contributed by atoms with Gasteiger partial charge in [-0.2, -0.15) is 13.2 Å². The van der Waals surface area contributed by atoms with Crippen LogP contribution in [0.25, 0.3) is 10.9 Å². The summed E-state index contributed by atoms with van der Waals surface area (Å²) in [4.78, 5) is 24.1. The fourth-order valence-electron chi connectivity index (χ4n) is 3.47. The Morgan fingerprint density at radius 1 is 1.22 bits per heavy atom. The molecule has 23 heavy (non-hydrogen) atoms. The van der Waals surface area contributed by atoms with Gasteiger partial charge in [0.15, 0.2) is 0 Å². The first-order valence-corrected chi connectivity index (χ1v) is 7.15. The number of hydrogen-bond acceptors (Lipinski definition) is 2. The maximum absolute atomic E-state index is 12.7. The van der Waals surface area contributed by atoms with E-state index < -0.39 is 12.1 Å². The van der Waals surface area contributed by atoms with Crippen LogP contribution in [-0.2, 0) is 29.1 Å². The predicted octanol–water partition coefficient (Wildman–Crippen LogP) is 2.04. The Bertz CT molecular complexity index is 854. The van der Waals surface area contributed by atoms with Crippen molar-refractivity contribution in [2.45, 2.75) is 25.7 Å². The zero-order valence-corrected chi connectivity index (χ0v) is 11.9. The molecule has 1 N–H and O–H groups in total. The molecule has 0 saturated heterocycles. The number of aromatic nitrogens is 1. The Balaban J connectivity index is 1.84. The summed E-state index contributed by atoms with van der Waals surface area (Å²) in [6.45, 7) is 0.0590. The monoisotopic (exact) mass is 323 g/mol. The molecule has 0 radical (unpaired) electrons. The summed E-state index contributed by atoms with van der Waals surface area (Å²) in [6, 6.07) is 5.32. The minimum absolute atomic E-state index is 0.00137. The van der Waals surface area contributed by atoms with Crippen molar-refractivity contribution in [1.82, 2.24) is 9.47 Å². The lowest BCUT2D eigenvalue weighted by atomic mass is 10.0. The third-order valence-electron chi connectivity index (χ3n) is 4.38. The molecule has 0 atom stereocenters. The van der Waals surface area contributed by atoms with Crippen LogP contribution in [0.15, 0.2) is 18.2 Å². The van der Waals surface area contributed by atoms with Crippen molar-refractivity contribution in [3.63, 3.8) is 0 Å². The number of para-hydroxylation sites is 1. The van der Waals surface area contributed by atoms with Crippen LogP contribution in [0, 0.1) is 0 Å². The number of nitrogens with one attached hydrogen (secondary N) is 1. The summed E-state index contributed by atoms with van der Waals surface area (Å²) in [5, 5.41) is 3.56. The number of nitrogens with zero attached hydrogens (tertiary/aromatic N) is 2. The lowest BCUT2D eigenvalue weighted by Gasteiger charge is -2.29. The number of alkyl halides is 3. The number of carbonyl (C=O) groups excluding carboxylic acids is 2. The molecule has 0 bridgehead atoms. The Hall–Kier alpha value is -2.51. The van der Waals surface area contributed by atoms with Gasteiger partial charge in [-0.1, -0.05) is 12.1 Å². The van der Waals surface area contributed by atoms with Crippen LogP contribution in [-0.4, -0.2) is 34.0 Å². The zero-order valence-electron chi connectivity index (χ0n) is 11.9. The third kappa shape index (κ3) is 2.01. The molecule has 5 nitrogen and oxygen atoms in total. The summed E-state index contributed by atoms with van der Waals surface area (Å²) in [7, 11) is 0. The Labute approximate surface area is 128 Å². The molecular weight excluding hydrogens is 311 g/mol. The van der Waals surface area contributed by atoms with Crippen molar-refractivity contribution in [2.24, 2.45) is 0 Å². The molecule has 0 aliphatic carbocycles. The molecule has 0 spiro atoms. The van der Waals surface area contributed by atoms with Gasteiger partial charge in [-0.15, -0.1) is 0 Å². The van der Waals surface area contributed by atoms with Gasteiger partial charge >= 0.3 is 12.1 Å². The Kier molecular flexibility index (Phi) is 2.76. The summed E-state index contributed by atoms with van der Waals surface area (Å²) in [5.41, 5.74) is 3.01. The second-order valence-corrected chi connectivity index (χ2v) is 5.74. The van der Waals surface area contributed by atoms with Gasteiger partial charge in [-0.3, -0.25) is 9.59 Å². The van der Waals surface area contributed by atoms with E-state index in [0.717, 1.165) is 21.5 Å². The van der Waals surface area contributed by atoms with Crippen LogP contribution < -0.4 is 5.32 Å². The average Bonchev–Trinajstić information content (AvgIpc) is 2.81. The number of carbonyl (C=O) groups is 2. The van der Waals surface area contributed by atoms with Crippen LogP contribution in [0.4, 0.5) is 18.9 Å². The summed E-state index contributed by atoms with van der Waals surface area (Å²) >= 11 is 0. The standard InChI is InChI=1S/C15H12F3N3O2/c16-15(17,18)14(23)20-5-4-11-9(6-20)8-2-1-3-10-13(8)21(11)7-12(22)19-10/h1-3H,4-7H2,(H,19,22). The summed E-state index contributed by atoms with van der Waals surface area (Å²) in [6.07, 6.45) is -4.56. The van der Waals surface area contributed by atoms with E-state index in [1.807, 2.05) is 10.6 Å². The van der Waals surface area contributed by atoms with Gasteiger partial charge < -0.3 is 14.8 Å². The fourth-order valence-corrected chi connectivity index (χ4v) is 3.47. The van der Waals surface area contributed by atoms with Crippen molar-refractivity contribution >= 4 is 28.4 Å². The van der Waals surface area contributed by atoms with E-state index in [1.54, 1.807) is 12.1 Å². The Morgan fingerprint density at radius 3 is 2.74 bits per heavy atom. The van der Waals surface area contributed by atoms with Crippen LogP contribution >= 0.6 is 0 Å². The topological polar surface area (TPSA) is 54.3 Å². The number of fused-ring (bicyclic) bond motifs is 3. The molecule has 2 amide bonds. The highest BCUT2D eigenvalue weighted by Crippen LogP contribution is 2.37. The molecular formula is C15H12F3N3O2. The van der Waals surface area contributed by atoms with E-state index in [2.05, 4.69) is 5.32 Å². The molecule has 0 saturated carbocycles. The summed E-state index contributed by atoms with van der Waals surface area (Å²) in [5.74, 6) is -1.97. The van der Waals surface area contributed by atoms with E-state index in [9.17, 15) is 22.8 Å². The molecule has 2 aliphatic heterocycles. The number of halogens is 3. The first-order valence-electron chi connectivity index (χ1n) is 7.15. The largest absolute Gasteiger partial charge is 0.471 e. The third-order valence-corrected chi connectivity index (χ3v) is 4.38. The minimum atomic E-state index is -4.87. The molecule has 1 aromatic carbocycles. The summed E-state index contributed by atoms with van der Waals surface area (Å²) < 4.78 is 39.9. The number of hydrogen-bond donors (Lipinski definition) is 1. The molecule has 0 fully saturated rings. The van der Waals surface area contributed by atoms with Crippen LogP contribution in [0.1, 0.15) is 11.3 Å². The lowest BCUT2D eigenvalue weighted by molar-refractivity contribution is -0.186. The van der Waals surface area contributed by atoms with E-state index in [-0.39, 0.29) is 25.5 Å². The minimum Gasteiger partial charge on any atom is -0.333 e. The molecule has 4 rings (SSSR count). The molecule has 120 valence electrons. The number of anilines is 1. The zero-order chi connectivity index (χ0) is 16.4. The van der Waals surface area contributed by atoms with Gasteiger partial charge in [-0.25, -0.2) is 0 Å². The highest BCUT2D eigenvalue weighted by molar-refractivity contribution is 6.06. The number of benzene rings is 1. The van der Waals surface area contributed by atoms with E-state index in [4.69, 9.17) is 0 Å². The molecule has 2 aliphatic rings. The smallest absolute Gasteiger partial charge is 0.333 e. The Morgan fingerprint density at radius 2 is 2.00 bits per heavy atom. The SMILES string of the molecule is O=C1Cn2c3c(c4cccc(c42)N1)CN(C(=O)C(F)(F)F)CC3. The van der Waals surface area contributed by atoms with Gasteiger partial charge in [0.25, 0.3) is 0 Å². The van der Waals surface area contributed by atoms with Crippen molar-refractivity contribution in [1.29, 1.82) is 0 Å². The van der Waals surface area contributed by atoms with Crippen molar-refractivity contribution in [3.8, 4) is 0 Å². The van der Waals surface area contributed by atoms with Crippen molar-refractivity contribution < 1.29 is 22.8 Å². The van der Waals surface area contributed by atoms with Gasteiger partial charge in [0.1, 0.15) is 6.54 Å². The average molecular weight is 323 g/mol. The maximum atomic E-state index is 12.7. The highest BCUT2D eigenvalue weighted by atomic mass is 19.4. The van der Waals surface area contributed by atoms with Crippen LogP contribution in [0.2, 0.25) is 0 Å². The molecule has 3 heterocycles. The molecule has 1 aromatic heterocycles. The molecule has 0 unspecified atom stereocenters. The fraction of sp³-hybridized carbons (Fsp3) is 0.333. The van der Waals surface area contributed by atoms with Gasteiger partial charge in [0, 0.05) is 36.2 Å². The predicted molar refractivity (Wildman–Crippen MR) is 75.7 cm³/mol. The van der Waals surface area contributed by atoms with Gasteiger partial charge in [0.2, 0.25) is 5.91 Å². The first kappa shape index (κ1) is 14.1. The second-order valence-electron chi connectivity index (χ2n) is 5.74. The van der Waals surface area contributed by atoms with Crippen molar-refractivity contribution in [3.05, 3.63) is 29.5 Å². The highest BCUT2D eigenvalue weighted by Gasteiger charge is 2.44. The normalized spacial score (nSPS) is 17.2. The van der Waals surface area contributed by atoms with E-state index >= 15 is 0 Å². The number of rotatable bonds is 0. The van der Waals surface area contributed by atoms with Gasteiger partial charge in [-0.05, 0) is 6.07 Å². The quantitative estimate of drug-likeness (QED) is 0.807. The molecule has 8 heteroatoms. The number of amides is 2. The maximum Gasteiger partial charge on any atom is 0.471 e. The van der Waals surface area contributed by atoms with E-state index in [0.29, 0.717) is 17.7 Å². The lowest BCUT2D eigenvalue weighted by Crippen LogP contribution is -2.44. The molecule has 2 aromatic rings.